The molecule has 1 unspecified atom stereocenters. The number of nitrogens with two attached hydrogens (primary N) is 1. The van der Waals surface area contributed by atoms with Crippen LogP contribution in [0.1, 0.15) is 33.3 Å². The fourth-order valence-corrected chi connectivity index (χ4v) is 2.31. The molecule has 1 atom stereocenters. The van der Waals surface area contributed by atoms with Crippen molar-refractivity contribution < 1.29 is 4.79 Å². The van der Waals surface area contributed by atoms with Gasteiger partial charge in [0, 0.05) is 28.6 Å². The second-order valence-corrected chi connectivity index (χ2v) is 6.96. The van der Waals surface area contributed by atoms with E-state index < -0.39 is 0 Å². The van der Waals surface area contributed by atoms with E-state index in [1.807, 2.05) is 6.92 Å². The minimum atomic E-state index is -0.238. The zero-order valence-corrected chi connectivity index (χ0v) is 13.0. The molecule has 3 N–H and O–H groups in total. The van der Waals surface area contributed by atoms with Gasteiger partial charge >= 0.3 is 0 Å². The molecule has 0 saturated heterocycles. The first kappa shape index (κ1) is 16.1. The molecule has 0 aliphatic carbocycles. The lowest BCUT2D eigenvalue weighted by Gasteiger charge is -2.20. The zero-order valence-electron chi connectivity index (χ0n) is 12.2. The van der Waals surface area contributed by atoms with E-state index in [0.29, 0.717) is 0 Å². The number of benzene rings is 1. The first-order chi connectivity index (χ1) is 8.78. The van der Waals surface area contributed by atoms with E-state index in [4.69, 9.17) is 5.73 Å². The predicted molar refractivity (Wildman–Crippen MR) is 82.1 cm³/mol. The van der Waals surface area contributed by atoms with Gasteiger partial charge in [-0.1, -0.05) is 19.1 Å². The van der Waals surface area contributed by atoms with Crippen LogP contribution >= 0.6 is 11.8 Å². The highest BCUT2D eigenvalue weighted by Crippen LogP contribution is 2.21. The number of amides is 1. The Balaban J connectivity index is 2.45. The normalized spacial score (nSPS) is 13.3. The molecule has 4 heteroatoms. The van der Waals surface area contributed by atoms with Crippen molar-refractivity contribution in [3.05, 3.63) is 29.8 Å². The van der Waals surface area contributed by atoms with Gasteiger partial charge in [0.15, 0.2) is 0 Å². The fourth-order valence-electron chi connectivity index (χ4n) is 1.37. The lowest BCUT2D eigenvalue weighted by Crippen LogP contribution is -2.35. The monoisotopic (exact) mass is 280 g/mol. The van der Waals surface area contributed by atoms with Gasteiger partial charge in [0.25, 0.3) is 0 Å². The van der Waals surface area contributed by atoms with Gasteiger partial charge in [0.05, 0.1) is 0 Å². The number of carbonyl (C=O) groups excluding carboxylic acids is 1. The highest BCUT2D eigenvalue weighted by atomic mass is 32.2. The minimum absolute atomic E-state index is 0.0905. The average molecular weight is 280 g/mol. The molecule has 1 amide bonds. The van der Waals surface area contributed by atoms with Crippen LogP contribution < -0.4 is 11.1 Å². The van der Waals surface area contributed by atoms with E-state index in [1.54, 1.807) is 11.8 Å². The van der Waals surface area contributed by atoms with Gasteiger partial charge < -0.3 is 11.1 Å². The number of rotatable bonds is 6. The number of nitrogens with one attached hydrogen (secondary N) is 1. The Kier molecular flexibility index (Phi) is 5.88. The summed E-state index contributed by atoms with van der Waals surface area (Å²) in [5.74, 6) is 0.403. The molecule has 106 valence electrons. The van der Waals surface area contributed by atoms with E-state index in [-0.39, 0.29) is 17.4 Å². The first-order valence-electron chi connectivity index (χ1n) is 6.54. The number of thioether (sulfide) groups is 1. The van der Waals surface area contributed by atoms with Crippen LogP contribution in [-0.4, -0.2) is 17.2 Å². The van der Waals surface area contributed by atoms with Gasteiger partial charge in [-0.25, -0.2) is 0 Å². The third kappa shape index (κ3) is 6.64. The molecule has 0 aliphatic heterocycles. The molecule has 1 aromatic rings. The van der Waals surface area contributed by atoms with Crippen LogP contribution in [0.3, 0.4) is 0 Å². The van der Waals surface area contributed by atoms with E-state index in [9.17, 15) is 4.79 Å². The standard InChI is InChI=1S/C15H24N2OS/c1-11(14(16)18)10-19-13-7-5-12(6-8-13)9-17-15(2,3)4/h5-8,11,17H,9-10H2,1-4H3,(H2,16,18). The average Bonchev–Trinajstić information content (AvgIpc) is 2.33. The molecule has 3 nitrogen and oxygen atoms in total. The van der Waals surface area contributed by atoms with Crippen LogP contribution in [0.5, 0.6) is 0 Å². The summed E-state index contributed by atoms with van der Waals surface area (Å²) in [7, 11) is 0. The summed E-state index contributed by atoms with van der Waals surface area (Å²) in [6, 6.07) is 8.43. The Hall–Kier alpha value is -1.00. The molecule has 0 aromatic heterocycles. The molecule has 1 rings (SSSR count). The molecular weight excluding hydrogens is 256 g/mol. The van der Waals surface area contributed by atoms with Crippen LogP contribution in [0.4, 0.5) is 0 Å². The summed E-state index contributed by atoms with van der Waals surface area (Å²) in [6.45, 7) is 9.19. The molecule has 19 heavy (non-hydrogen) atoms. The van der Waals surface area contributed by atoms with Gasteiger partial charge in [-0.2, -0.15) is 0 Å². The second kappa shape index (κ2) is 6.96. The Morgan fingerprint density at radius 3 is 2.37 bits per heavy atom. The quantitative estimate of drug-likeness (QED) is 0.788. The van der Waals surface area contributed by atoms with Crippen LogP contribution in [-0.2, 0) is 11.3 Å². The molecular formula is C15H24N2OS. The maximum absolute atomic E-state index is 11.0. The van der Waals surface area contributed by atoms with Gasteiger partial charge in [-0.3, -0.25) is 4.79 Å². The van der Waals surface area contributed by atoms with E-state index in [2.05, 4.69) is 50.4 Å². The van der Waals surface area contributed by atoms with Gasteiger partial charge in [-0.05, 0) is 38.5 Å². The number of primary amides is 1. The minimum Gasteiger partial charge on any atom is -0.369 e. The highest BCUT2D eigenvalue weighted by Gasteiger charge is 2.10. The Bertz CT molecular complexity index is 409. The molecule has 0 fully saturated rings. The Morgan fingerprint density at radius 1 is 1.32 bits per heavy atom. The maximum Gasteiger partial charge on any atom is 0.221 e. The van der Waals surface area contributed by atoms with Crippen molar-refractivity contribution in [2.24, 2.45) is 11.7 Å². The molecule has 1 aromatic carbocycles. The number of carbonyl (C=O) groups is 1. The molecule has 0 spiro atoms. The number of hydrogen-bond acceptors (Lipinski definition) is 3. The summed E-state index contributed by atoms with van der Waals surface area (Å²) >= 11 is 1.67. The lowest BCUT2D eigenvalue weighted by atomic mass is 10.1. The van der Waals surface area contributed by atoms with Gasteiger partial charge in [0.1, 0.15) is 0 Å². The fraction of sp³-hybridized carbons (Fsp3) is 0.533. The predicted octanol–water partition coefficient (Wildman–Crippen LogP) is 2.79. The molecule has 0 aliphatic rings. The third-order valence-electron chi connectivity index (χ3n) is 2.73. The smallest absolute Gasteiger partial charge is 0.221 e. The van der Waals surface area contributed by atoms with Crippen LogP contribution in [0.25, 0.3) is 0 Å². The van der Waals surface area contributed by atoms with Crippen molar-refractivity contribution in [2.75, 3.05) is 5.75 Å². The van der Waals surface area contributed by atoms with Crippen molar-refractivity contribution in [2.45, 2.75) is 44.7 Å². The summed E-state index contributed by atoms with van der Waals surface area (Å²) in [4.78, 5) is 12.1. The Labute approximate surface area is 120 Å². The summed E-state index contributed by atoms with van der Waals surface area (Å²) < 4.78 is 0. The topological polar surface area (TPSA) is 55.1 Å². The summed E-state index contributed by atoms with van der Waals surface area (Å²) in [5, 5.41) is 3.45. The third-order valence-corrected chi connectivity index (χ3v) is 4.00. The summed E-state index contributed by atoms with van der Waals surface area (Å²) in [5.41, 5.74) is 6.64. The van der Waals surface area contributed by atoms with E-state index in [1.165, 1.54) is 10.5 Å². The largest absolute Gasteiger partial charge is 0.369 e. The maximum atomic E-state index is 11.0. The van der Waals surface area contributed by atoms with Crippen LogP contribution in [0, 0.1) is 5.92 Å². The second-order valence-electron chi connectivity index (χ2n) is 5.86. The lowest BCUT2D eigenvalue weighted by molar-refractivity contribution is -0.120. The van der Waals surface area contributed by atoms with Gasteiger partial charge in [-0.15, -0.1) is 11.8 Å². The van der Waals surface area contributed by atoms with Crippen molar-refractivity contribution in [3.63, 3.8) is 0 Å². The molecule has 0 heterocycles. The zero-order chi connectivity index (χ0) is 14.5. The molecule has 0 saturated carbocycles. The van der Waals surface area contributed by atoms with Gasteiger partial charge in [0.2, 0.25) is 5.91 Å². The Morgan fingerprint density at radius 2 is 1.89 bits per heavy atom. The van der Waals surface area contributed by atoms with E-state index >= 15 is 0 Å². The number of hydrogen-bond donors (Lipinski definition) is 2. The van der Waals surface area contributed by atoms with Crippen molar-refractivity contribution in [1.82, 2.24) is 5.32 Å². The van der Waals surface area contributed by atoms with Crippen LogP contribution in [0.15, 0.2) is 29.2 Å². The first-order valence-corrected chi connectivity index (χ1v) is 7.52. The highest BCUT2D eigenvalue weighted by molar-refractivity contribution is 7.99. The summed E-state index contributed by atoms with van der Waals surface area (Å²) in [6.07, 6.45) is 0. The van der Waals surface area contributed by atoms with E-state index in [0.717, 1.165) is 12.3 Å². The SMILES string of the molecule is CC(CSc1ccc(CNC(C)(C)C)cc1)C(N)=O. The van der Waals surface area contributed by atoms with Crippen molar-refractivity contribution in [1.29, 1.82) is 0 Å². The van der Waals surface area contributed by atoms with Crippen molar-refractivity contribution in [3.8, 4) is 0 Å². The molecule has 0 bridgehead atoms. The van der Waals surface area contributed by atoms with Crippen LogP contribution in [0.2, 0.25) is 0 Å². The van der Waals surface area contributed by atoms with Crippen molar-refractivity contribution >= 4 is 17.7 Å². The molecule has 0 radical (unpaired) electrons.